The molecule has 0 aromatic carbocycles. The second kappa shape index (κ2) is 4.64. The number of hydrogen-bond donors (Lipinski definition) is 2. The van der Waals surface area contributed by atoms with Crippen molar-refractivity contribution in [2.24, 2.45) is 16.3 Å². The fourth-order valence-electron chi connectivity index (χ4n) is 2.70. The van der Waals surface area contributed by atoms with E-state index in [0.29, 0.717) is 12.8 Å². The summed E-state index contributed by atoms with van der Waals surface area (Å²) in [6.07, 6.45) is 2.37. The maximum absolute atomic E-state index is 12.6. The number of nitrogens with zero attached hydrogens (tertiary/aromatic N) is 2. The fraction of sp³-hybridized carbons (Fsp3) is 0.833. The first-order valence-electron chi connectivity index (χ1n) is 6.33. The Kier molecular flexibility index (Phi) is 3.49. The van der Waals surface area contributed by atoms with Crippen LogP contribution in [-0.4, -0.2) is 45.4 Å². The standard InChI is InChI=1S/C12H21N3O2S/c1-11(2)8-15(6-7-18-11)10(16)12(4-3-5-12)9(13)14-17/h17H,3-8H2,1-2H3,(H2,13,14). The Morgan fingerprint density at radius 3 is 2.56 bits per heavy atom. The third kappa shape index (κ3) is 2.18. The first kappa shape index (κ1) is 13.5. The molecular formula is C12H21N3O2S. The molecule has 18 heavy (non-hydrogen) atoms. The van der Waals surface area contributed by atoms with Crippen molar-refractivity contribution in [2.75, 3.05) is 18.8 Å². The minimum atomic E-state index is -0.729. The van der Waals surface area contributed by atoms with Gasteiger partial charge in [-0.25, -0.2) is 0 Å². The quantitative estimate of drug-likeness (QED) is 0.343. The molecule has 0 unspecified atom stereocenters. The summed E-state index contributed by atoms with van der Waals surface area (Å²) >= 11 is 1.89. The van der Waals surface area contributed by atoms with Crippen LogP contribution in [0.4, 0.5) is 0 Å². The molecule has 0 atom stereocenters. The monoisotopic (exact) mass is 271 g/mol. The number of amides is 1. The zero-order valence-corrected chi connectivity index (χ0v) is 11.8. The average Bonchev–Trinajstić information content (AvgIpc) is 2.25. The number of hydrogen-bond acceptors (Lipinski definition) is 4. The Labute approximate surface area is 112 Å². The Balaban J connectivity index is 2.15. The predicted molar refractivity (Wildman–Crippen MR) is 72.8 cm³/mol. The smallest absolute Gasteiger partial charge is 0.236 e. The van der Waals surface area contributed by atoms with Gasteiger partial charge in [0.05, 0.1) is 0 Å². The summed E-state index contributed by atoms with van der Waals surface area (Å²) in [5.41, 5.74) is 5.01. The van der Waals surface area contributed by atoms with E-state index in [2.05, 4.69) is 19.0 Å². The minimum Gasteiger partial charge on any atom is -0.409 e. The van der Waals surface area contributed by atoms with Gasteiger partial charge in [0.2, 0.25) is 5.91 Å². The van der Waals surface area contributed by atoms with Gasteiger partial charge in [-0.2, -0.15) is 11.8 Å². The first-order chi connectivity index (χ1) is 8.41. The average molecular weight is 271 g/mol. The minimum absolute atomic E-state index is 0.0393. The van der Waals surface area contributed by atoms with Crippen molar-refractivity contribution in [3.05, 3.63) is 0 Å². The van der Waals surface area contributed by atoms with Crippen molar-refractivity contribution in [1.29, 1.82) is 0 Å². The van der Waals surface area contributed by atoms with Crippen LogP contribution in [0.2, 0.25) is 0 Å². The lowest BCUT2D eigenvalue weighted by Gasteiger charge is -2.46. The van der Waals surface area contributed by atoms with Gasteiger partial charge in [0.25, 0.3) is 0 Å². The highest BCUT2D eigenvalue weighted by Gasteiger charge is 2.51. The van der Waals surface area contributed by atoms with Crippen LogP contribution in [0.1, 0.15) is 33.1 Å². The number of rotatable bonds is 2. The first-order valence-corrected chi connectivity index (χ1v) is 7.31. The highest BCUT2D eigenvalue weighted by atomic mass is 32.2. The van der Waals surface area contributed by atoms with Gasteiger partial charge in [-0.1, -0.05) is 11.6 Å². The SMILES string of the molecule is CC1(C)CN(C(=O)C2(C(N)=NO)CCC2)CCS1. The molecule has 0 radical (unpaired) electrons. The Bertz CT molecular complexity index is 378. The molecule has 0 aromatic rings. The van der Waals surface area contributed by atoms with Gasteiger partial charge in [-0.15, -0.1) is 0 Å². The molecule has 1 aliphatic heterocycles. The zero-order chi connectivity index (χ0) is 13.4. The van der Waals surface area contributed by atoms with Crippen LogP contribution in [0.25, 0.3) is 0 Å². The van der Waals surface area contributed by atoms with Crippen molar-refractivity contribution in [3.63, 3.8) is 0 Å². The maximum Gasteiger partial charge on any atom is 0.236 e. The number of oxime groups is 1. The van der Waals surface area contributed by atoms with Gasteiger partial charge in [-0.3, -0.25) is 4.79 Å². The van der Waals surface area contributed by atoms with Crippen LogP contribution in [0.5, 0.6) is 0 Å². The predicted octanol–water partition coefficient (Wildman–Crippen LogP) is 1.26. The lowest BCUT2D eigenvalue weighted by atomic mass is 9.66. The van der Waals surface area contributed by atoms with E-state index in [9.17, 15) is 4.79 Å². The molecule has 0 bridgehead atoms. The largest absolute Gasteiger partial charge is 0.409 e. The van der Waals surface area contributed by atoms with Gasteiger partial charge in [0.1, 0.15) is 5.41 Å². The molecule has 6 heteroatoms. The van der Waals surface area contributed by atoms with Crippen molar-refractivity contribution < 1.29 is 10.0 Å². The lowest BCUT2D eigenvalue weighted by Crippen LogP contribution is -2.58. The molecule has 1 heterocycles. The van der Waals surface area contributed by atoms with Crippen LogP contribution in [0.3, 0.4) is 0 Å². The molecule has 1 saturated carbocycles. The molecule has 102 valence electrons. The number of amidine groups is 1. The molecular weight excluding hydrogens is 250 g/mol. The second-order valence-corrected chi connectivity index (χ2v) is 7.56. The highest BCUT2D eigenvalue weighted by Crippen LogP contribution is 2.44. The van der Waals surface area contributed by atoms with Crippen LogP contribution in [0, 0.1) is 5.41 Å². The van der Waals surface area contributed by atoms with Gasteiger partial charge >= 0.3 is 0 Å². The van der Waals surface area contributed by atoms with E-state index in [1.54, 1.807) is 0 Å². The van der Waals surface area contributed by atoms with E-state index < -0.39 is 5.41 Å². The maximum atomic E-state index is 12.6. The molecule has 1 saturated heterocycles. The topological polar surface area (TPSA) is 78.9 Å². The van der Waals surface area contributed by atoms with Crippen molar-refractivity contribution >= 4 is 23.5 Å². The normalized spacial score (nSPS) is 26.6. The van der Waals surface area contributed by atoms with Crippen molar-refractivity contribution in [3.8, 4) is 0 Å². The summed E-state index contributed by atoms with van der Waals surface area (Å²) in [6, 6.07) is 0. The third-order valence-corrected chi connectivity index (χ3v) is 5.22. The summed E-state index contributed by atoms with van der Waals surface area (Å²) < 4.78 is 0.0873. The van der Waals surface area contributed by atoms with Crippen LogP contribution in [-0.2, 0) is 4.79 Å². The molecule has 0 aromatic heterocycles. The van der Waals surface area contributed by atoms with Crippen molar-refractivity contribution in [2.45, 2.75) is 37.9 Å². The molecule has 2 rings (SSSR count). The summed E-state index contributed by atoms with van der Waals surface area (Å²) in [5, 5.41) is 12.0. The Hall–Kier alpha value is -0.910. The van der Waals surface area contributed by atoms with E-state index >= 15 is 0 Å². The van der Waals surface area contributed by atoms with E-state index in [1.165, 1.54) is 0 Å². The molecule has 1 amide bonds. The van der Waals surface area contributed by atoms with Crippen LogP contribution >= 0.6 is 11.8 Å². The Morgan fingerprint density at radius 2 is 2.11 bits per heavy atom. The molecule has 3 N–H and O–H groups in total. The second-order valence-electron chi connectivity index (χ2n) is 5.76. The van der Waals surface area contributed by atoms with Gasteiger partial charge in [-0.05, 0) is 26.7 Å². The molecule has 2 aliphatic rings. The van der Waals surface area contributed by atoms with Crippen molar-refractivity contribution in [1.82, 2.24) is 4.90 Å². The number of nitrogens with two attached hydrogens (primary N) is 1. The van der Waals surface area contributed by atoms with E-state index in [4.69, 9.17) is 10.9 Å². The highest BCUT2D eigenvalue weighted by molar-refractivity contribution is 8.00. The zero-order valence-electron chi connectivity index (χ0n) is 11.0. The molecule has 0 spiro atoms. The van der Waals surface area contributed by atoms with Gasteiger partial charge in [0, 0.05) is 23.6 Å². The molecule has 2 fully saturated rings. The summed E-state index contributed by atoms with van der Waals surface area (Å²) in [7, 11) is 0. The summed E-state index contributed by atoms with van der Waals surface area (Å²) in [4.78, 5) is 14.5. The van der Waals surface area contributed by atoms with Crippen LogP contribution in [0.15, 0.2) is 5.16 Å². The Morgan fingerprint density at radius 1 is 1.44 bits per heavy atom. The van der Waals surface area contributed by atoms with Crippen LogP contribution < -0.4 is 5.73 Å². The van der Waals surface area contributed by atoms with E-state index in [-0.39, 0.29) is 16.5 Å². The lowest BCUT2D eigenvalue weighted by molar-refractivity contribution is -0.142. The van der Waals surface area contributed by atoms with E-state index in [0.717, 1.165) is 25.3 Å². The number of thioether (sulfide) groups is 1. The molecule has 1 aliphatic carbocycles. The summed E-state index contributed by atoms with van der Waals surface area (Å²) in [5.74, 6) is 1.07. The third-order valence-electron chi connectivity index (χ3n) is 3.93. The van der Waals surface area contributed by atoms with Gasteiger partial charge in [0.15, 0.2) is 5.84 Å². The van der Waals surface area contributed by atoms with Gasteiger partial charge < -0.3 is 15.8 Å². The summed E-state index contributed by atoms with van der Waals surface area (Å²) in [6.45, 7) is 5.78. The number of carbonyl (C=O) groups excluding carboxylic acids is 1. The number of carbonyl (C=O) groups is 1. The van der Waals surface area contributed by atoms with E-state index in [1.807, 2.05) is 16.7 Å². The molecule has 5 nitrogen and oxygen atoms in total. The fourth-order valence-corrected chi connectivity index (χ4v) is 3.81.